The maximum Gasteiger partial charge on any atom is 0.472 e. The summed E-state index contributed by atoms with van der Waals surface area (Å²) in [7, 11) is 1.67. The van der Waals surface area contributed by atoms with Gasteiger partial charge < -0.3 is 18.9 Å². The first-order valence-electron chi connectivity index (χ1n) is 27.2. The van der Waals surface area contributed by atoms with E-state index in [2.05, 4.69) is 50.3 Å². The van der Waals surface area contributed by atoms with Gasteiger partial charge in [-0.25, -0.2) is 4.57 Å². The Morgan fingerprint density at radius 2 is 0.859 bits per heavy atom. The third-order valence-corrected chi connectivity index (χ3v) is 12.9. The number of rotatable bonds is 51. The minimum Gasteiger partial charge on any atom is -0.457 e. The van der Waals surface area contributed by atoms with E-state index in [4.69, 9.17) is 18.5 Å². The fraction of sp³-hybridized carbons (Fsp3) is 0.873. The fourth-order valence-electron chi connectivity index (χ4n) is 7.70. The predicted molar refractivity (Wildman–Crippen MR) is 275 cm³/mol. The van der Waals surface area contributed by atoms with Gasteiger partial charge in [0.15, 0.2) is 0 Å². The van der Waals surface area contributed by atoms with Crippen molar-refractivity contribution in [2.45, 2.75) is 258 Å². The van der Waals surface area contributed by atoms with Crippen LogP contribution in [0.4, 0.5) is 0 Å². The van der Waals surface area contributed by atoms with Gasteiger partial charge in [-0.05, 0) is 70.6 Å². The number of ether oxygens (including phenoxy) is 2. The molecule has 1 N–H and O–H groups in total. The summed E-state index contributed by atoms with van der Waals surface area (Å²) in [6, 6.07) is 0. The number of carbonyl (C=O) groups excluding carboxylic acids is 1. The van der Waals surface area contributed by atoms with E-state index in [0.29, 0.717) is 24.1 Å². The summed E-state index contributed by atoms with van der Waals surface area (Å²) in [5.74, 6) is -0.313. The van der Waals surface area contributed by atoms with E-state index in [9.17, 15) is 14.3 Å². The van der Waals surface area contributed by atoms with Crippen LogP contribution in [0, 0.1) is 0 Å². The molecule has 0 aliphatic rings. The maximum atomic E-state index is 12.8. The van der Waals surface area contributed by atoms with Crippen LogP contribution in [0.5, 0.6) is 0 Å². The van der Waals surface area contributed by atoms with Gasteiger partial charge in [0.05, 0.1) is 34.4 Å². The van der Waals surface area contributed by atoms with Crippen molar-refractivity contribution >= 4 is 13.8 Å². The number of likely N-dealkylation sites (N-methyl/N-ethyl adjacent to an activating group) is 1. The SMILES string of the molecule is CCCCCC/C=C\C/C=C\CCCCCCCCCCOCC(COP(=O)(O)OCC[N+](C)(C)C)OC(=O)CCCCCCCCCCCCC/C=C\CCCCCCCCCC. The van der Waals surface area contributed by atoms with Crippen molar-refractivity contribution in [2.24, 2.45) is 0 Å². The molecular weight excluding hydrogens is 818 g/mol. The lowest BCUT2D eigenvalue weighted by Crippen LogP contribution is -2.37. The van der Waals surface area contributed by atoms with Crippen molar-refractivity contribution in [3.05, 3.63) is 36.5 Å². The Morgan fingerprint density at radius 3 is 1.30 bits per heavy atom. The molecule has 0 aromatic carbocycles. The van der Waals surface area contributed by atoms with Gasteiger partial charge in [0, 0.05) is 13.0 Å². The van der Waals surface area contributed by atoms with E-state index in [1.165, 1.54) is 193 Å². The molecule has 0 bridgehead atoms. The number of hydrogen-bond donors (Lipinski definition) is 1. The summed E-state index contributed by atoms with van der Waals surface area (Å²) < 4.78 is 35.2. The summed E-state index contributed by atoms with van der Waals surface area (Å²) >= 11 is 0. The molecule has 0 aromatic heterocycles. The molecule has 9 heteroatoms. The standard InChI is InChI=1S/C55H106NO7P/c1-6-8-10-12-14-16-18-20-22-24-26-27-28-29-30-32-34-36-38-40-42-44-46-48-55(57)63-54(53-62-64(58,59)61-51-49-56(3,4)5)52-60-50-47-45-43-41-39-37-35-33-31-25-23-21-19-17-15-13-11-9-7-2/h17,19,23-26,54H,6-16,18,20-22,27-53H2,1-5H3/p+1/b19-17-,25-23-,26-24-. The van der Waals surface area contributed by atoms with Crippen LogP contribution in [-0.4, -0.2) is 75.6 Å². The average Bonchev–Trinajstić information content (AvgIpc) is 3.25. The molecule has 0 spiro atoms. The molecule has 8 nitrogen and oxygen atoms in total. The molecule has 0 rings (SSSR count). The number of carbonyl (C=O) groups is 1. The first-order chi connectivity index (χ1) is 31.1. The van der Waals surface area contributed by atoms with E-state index < -0.39 is 13.9 Å². The molecule has 0 saturated heterocycles. The van der Waals surface area contributed by atoms with Gasteiger partial charge in [-0.1, -0.05) is 211 Å². The van der Waals surface area contributed by atoms with Crippen LogP contribution in [0.25, 0.3) is 0 Å². The fourth-order valence-corrected chi connectivity index (χ4v) is 8.44. The lowest BCUT2D eigenvalue weighted by Gasteiger charge is -2.24. The van der Waals surface area contributed by atoms with E-state index in [0.717, 1.165) is 38.5 Å². The highest BCUT2D eigenvalue weighted by molar-refractivity contribution is 7.47. The zero-order valence-corrected chi connectivity index (χ0v) is 43.9. The monoisotopic (exact) mass is 925 g/mol. The zero-order chi connectivity index (χ0) is 46.9. The van der Waals surface area contributed by atoms with Gasteiger partial charge in [-0.15, -0.1) is 0 Å². The second kappa shape index (κ2) is 48.2. The van der Waals surface area contributed by atoms with Gasteiger partial charge in [0.1, 0.15) is 19.3 Å². The second-order valence-electron chi connectivity index (χ2n) is 19.6. The van der Waals surface area contributed by atoms with Crippen LogP contribution >= 0.6 is 7.82 Å². The van der Waals surface area contributed by atoms with E-state index in [1.807, 2.05) is 21.1 Å². The zero-order valence-electron chi connectivity index (χ0n) is 43.0. The lowest BCUT2D eigenvalue weighted by atomic mass is 10.0. The topological polar surface area (TPSA) is 91.3 Å². The molecule has 2 atom stereocenters. The average molecular weight is 925 g/mol. The Kier molecular flexibility index (Phi) is 47.2. The van der Waals surface area contributed by atoms with E-state index in [1.54, 1.807) is 0 Å². The molecule has 0 radical (unpaired) electrons. The normalized spacial score (nSPS) is 13.8. The summed E-state index contributed by atoms with van der Waals surface area (Å²) in [5, 5.41) is 0. The highest BCUT2D eigenvalue weighted by atomic mass is 31.2. The Labute approximate surface area is 397 Å². The molecular formula is C55H107NO7P+. The predicted octanol–water partition coefficient (Wildman–Crippen LogP) is 16.9. The molecule has 0 fully saturated rings. The summed E-state index contributed by atoms with van der Waals surface area (Å²) in [5.41, 5.74) is 0. The van der Waals surface area contributed by atoms with Crippen LogP contribution in [0.15, 0.2) is 36.5 Å². The third kappa shape index (κ3) is 51.7. The quantitative estimate of drug-likeness (QED) is 0.0214. The molecule has 0 aliphatic heterocycles. The van der Waals surface area contributed by atoms with Crippen LogP contribution < -0.4 is 0 Å². The first kappa shape index (κ1) is 62.7. The Hall–Kier alpha value is -1.28. The number of esters is 1. The molecule has 0 aromatic rings. The van der Waals surface area contributed by atoms with Crippen LogP contribution in [0.2, 0.25) is 0 Å². The van der Waals surface area contributed by atoms with Crippen molar-refractivity contribution in [3.8, 4) is 0 Å². The minimum atomic E-state index is -4.28. The second-order valence-corrected chi connectivity index (χ2v) is 21.1. The highest BCUT2D eigenvalue weighted by Gasteiger charge is 2.26. The van der Waals surface area contributed by atoms with Crippen molar-refractivity contribution in [3.63, 3.8) is 0 Å². The van der Waals surface area contributed by atoms with Crippen LogP contribution in [0.1, 0.15) is 251 Å². The minimum absolute atomic E-state index is 0.0878. The van der Waals surface area contributed by atoms with Gasteiger partial charge in [0.2, 0.25) is 0 Å². The van der Waals surface area contributed by atoms with E-state index in [-0.39, 0.29) is 25.8 Å². The summed E-state index contributed by atoms with van der Waals surface area (Å²) in [6.45, 7) is 5.63. The molecule has 0 heterocycles. The number of hydrogen-bond acceptors (Lipinski definition) is 6. The van der Waals surface area contributed by atoms with E-state index >= 15 is 0 Å². The molecule has 0 aliphatic carbocycles. The van der Waals surface area contributed by atoms with Gasteiger partial charge in [-0.2, -0.15) is 0 Å². The van der Waals surface area contributed by atoms with Crippen LogP contribution in [0.3, 0.4) is 0 Å². The molecule has 378 valence electrons. The summed E-state index contributed by atoms with van der Waals surface area (Å²) in [4.78, 5) is 23.0. The Bertz CT molecular complexity index is 1120. The number of phosphoric acid groups is 1. The Balaban J connectivity index is 4.10. The van der Waals surface area contributed by atoms with Crippen molar-refractivity contribution in [1.29, 1.82) is 0 Å². The highest BCUT2D eigenvalue weighted by Crippen LogP contribution is 2.43. The molecule has 0 saturated carbocycles. The van der Waals surface area contributed by atoms with Crippen molar-refractivity contribution < 1.29 is 37.3 Å². The number of quaternary nitrogens is 1. The smallest absolute Gasteiger partial charge is 0.457 e. The number of phosphoric ester groups is 1. The number of unbranched alkanes of at least 4 members (excludes halogenated alkanes) is 31. The van der Waals surface area contributed by atoms with Crippen molar-refractivity contribution in [1.82, 2.24) is 0 Å². The van der Waals surface area contributed by atoms with Gasteiger partial charge in [0.25, 0.3) is 0 Å². The third-order valence-electron chi connectivity index (χ3n) is 11.9. The van der Waals surface area contributed by atoms with Crippen LogP contribution in [-0.2, 0) is 27.9 Å². The lowest BCUT2D eigenvalue weighted by molar-refractivity contribution is -0.870. The summed E-state index contributed by atoms with van der Waals surface area (Å²) in [6.07, 6.45) is 59.1. The van der Waals surface area contributed by atoms with Crippen molar-refractivity contribution in [2.75, 3.05) is 54.1 Å². The first-order valence-corrected chi connectivity index (χ1v) is 28.7. The molecule has 0 amide bonds. The molecule has 64 heavy (non-hydrogen) atoms. The number of nitrogens with zero attached hydrogens (tertiary/aromatic N) is 1. The molecule has 2 unspecified atom stereocenters. The Morgan fingerprint density at radius 1 is 0.484 bits per heavy atom. The van der Waals surface area contributed by atoms with Gasteiger partial charge >= 0.3 is 13.8 Å². The largest absolute Gasteiger partial charge is 0.472 e. The maximum absolute atomic E-state index is 12.8. The van der Waals surface area contributed by atoms with Gasteiger partial charge in [-0.3, -0.25) is 13.8 Å². The number of allylic oxidation sites excluding steroid dienone is 6.